The van der Waals surface area contributed by atoms with Gasteiger partial charge in [-0.15, -0.1) is 0 Å². The van der Waals surface area contributed by atoms with Crippen LogP contribution in [-0.2, 0) is 11.2 Å². The summed E-state index contributed by atoms with van der Waals surface area (Å²) in [5.74, 6) is 0.687. The number of H-pyrrole nitrogens is 1. The number of aromatic hydroxyl groups is 1. The van der Waals surface area contributed by atoms with Gasteiger partial charge in [0.25, 0.3) is 0 Å². The van der Waals surface area contributed by atoms with Gasteiger partial charge in [0, 0.05) is 30.6 Å². The van der Waals surface area contributed by atoms with Gasteiger partial charge >= 0.3 is 0 Å². The fourth-order valence-electron chi connectivity index (χ4n) is 4.90. The van der Waals surface area contributed by atoms with Crippen LogP contribution < -0.4 is 16.2 Å². The number of aliphatic hydroxyl groups is 1. The summed E-state index contributed by atoms with van der Waals surface area (Å²) >= 11 is 0. The topological polar surface area (TPSA) is 107 Å². The lowest BCUT2D eigenvalue weighted by Gasteiger charge is -2.30. The number of aromatic amines is 1. The van der Waals surface area contributed by atoms with Gasteiger partial charge in [0.05, 0.1) is 24.8 Å². The molecule has 1 atom stereocenters. The molecule has 2 aromatic carbocycles. The Bertz CT molecular complexity index is 1110. The first kappa shape index (κ1) is 25.4. The van der Waals surface area contributed by atoms with Crippen LogP contribution in [0, 0.1) is 5.92 Å². The number of hydrogen-bond acceptors (Lipinski definition) is 6. The number of ether oxygens (including phenoxy) is 1. The highest BCUT2D eigenvalue weighted by Gasteiger charge is 2.22. The highest BCUT2D eigenvalue weighted by Crippen LogP contribution is 2.29. The van der Waals surface area contributed by atoms with Gasteiger partial charge in [-0.05, 0) is 67.8 Å². The van der Waals surface area contributed by atoms with E-state index in [0.717, 1.165) is 45.6 Å². The summed E-state index contributed by atoms with van der Waals surface area (Å²) < 4.78 is 5.75. The van der Waals surface area contributed by atoms with Crippen molar-refractivity contribution < 1.29 is 14.9 Å². The number of benzene rings is 2. The third-order valence-corrected chi connectivity index (χ3v) is 6.95. The molecule has 1 saturated carbocycles. The number of hydrogen-bond donors (Lipinski definition) is 5. The van der Waals surface area contributed by atoms with Crippen LogP contribution in [0.2, 0.25) is 0 Å². The zero-order valence-electron chi connectivity index (χ0n) is 20.2. The SMILES string of the molecule is O=c1ccc2c([C@@H](O)CNC3CCC(CNCCOCCc4ccccc4)CC3)ccc(O)c2[nH]1. The minimum atomic E-state index is -0.717. The Hall–Kier alpha value is -2.71. The van der Waals surface area contributed by atoms with E-state index in [1.54, 1.807) is 12.1 Å². The summed E-state index contributed by atoms with van der Waals surface area (Å²) in [4.78, 5) is 14.2. The third kappa shape index (κ3) is 7.39. The van der Waals surface area contributed by atoms with Crippen LogP contribution >= 0.6 is 0 Å². The van der Waals surface area contributed by atoms with Crippen LogP contribution in [0.5, 0.6) is 5.75 Å². The van der Waals surface area contributed by atoms with E-state index in [4.69, 9.17) is 4.74 Å². The lowest BCUT2D eigenvalue weighted by Crippen LogP contribution is -2.38. The molecule has 0 bridgehead atoms. The molecule has 0 unspecified atom stereocenters. The number of pyridine rings is 1. The maximum atomic E-state index is 11.6. The van der Waals surface area contributed by atoms with Crippen molar-refractivity contribution in [3.05, 3.63) is 76.1 Å². The Labute approximate surface area is 206 Å². The minimum Gasteiger partial charge on any atom is -0.506 e. The second-order valence-corrected chi connectivity index (χ2v) is 9.48. The van der Waals surface area contributed by atoms with E-state index in [1.807, 2.05) is 6.07 Å². The van der Waals surface area contributed by atoms with Crippen molar-refractivity contribution in [2.45, 2.75) is 44.2 Å². The summed E-state index contributed by atoms with van der Waals surface area (Å²) in [7, 11) is 0. The van der Waals surface area contributed by atoms with Crippen molar-refractivity contribution in [1.82, 2.24) is 15.6 Å². The molecular weight excluding hydrogens is 442 g/mol. The van der Waals surface area contributed by atoms with E-state index in [-0.39, 0.29) is 11.3 Å². The molecule has 4 rings (SSSR count). The number of phenolic OH excluding ortho intramolecular Hbond substituents is 1. The van der Waals surface area contributed by atoms with E-state index in [9.17, 15) is 15.0 Å². The Balaban J connectivity index is 1.11. The lowest BCUT2D eigenvalue weighted by atomic mass is 9.86. The van der Waals surface area contributed by atoms with Crippen molar-refractivity contribution in [2.75, 3.05) is 32.8 Å². The fraction of sp³-hybridized carbons (Fsp3) is 0.464. The Morgan fingerprint density at radius 1 is 1.00 bits per heavy atom. The molecule has 5 N–H and O–H groups in total. The van der Waals surface area contributed by atoms with Crippen LogP contribution in [0.25, 0.3) is 10.9 Å². The fourth-order valence-corrected chi connectivity index (χ4v) is 4.90. The Morgan fingerprint density at radius 2 is 1.80 bits per heavy atom. The number of phenols is 1. The van der Waals surface area contributed by atoms with Crippen molar-refractivity contribution >= 4 is 10.9 Å². The van der Waals surface area contributed by atoms with Gasteiger partial charge in [0.15, 0.2) is 0 Å². The van der Waals surface area contributed by atoms with Gasteiger partial charge in [0.2, 0.25) is 5.56 Å². The first-order valence-electron chi connectivity index (χ1n) is 12.7. The highest BCUT2D eigenvalue weighted by atomic mass is 16.5. The lowest BCUT2D eigenvalue weighted by molar-refractivity contribution is 0.136. The quantitative estimate of drug-likeness (QED) is 0.255. The van der Waals surface area contributed by atoms with Gasteiger partial charge in [-0.2, -0.15) is 0 Å². The van der Waals surface area contributed by atoms with Crippen molar-refractivity contribution in [3.8, 4) is 5.75 Å². The average molecular weight is 480 g/mol. The molecule has 35 heavy (non-hydrogen) atoms. The average Bonchev–Trinajstić information content (AvgIpc) is 2.88. The maximum Gasteiger partial charge on any atom is 0.248 e. The van der Waals surface area contributed by atoms with Crippen LogP contribution in [0.15, 0.2) is 59.4 Å². The Morgan fingerprint density at radius 3 is 2.60 bits per heavy atom. The molecule has 3 aromatic rings. The molecule has 0 aliphatic heterocycles. The maximum absolute atomic E-state index is 11.6. The van der Waals surface area contributed by atoms with Crippen LogP contribution in [-0.4, -0.2) is 54.1 Å². The highest BCUT2D eigenvalue weighted by molar-refractivity contribution is 5.87. The predicted molar refractivity (Wildman–Crippen MR) is 139 cm³/mol. The standard InChI is InChI=1S/C28H37N3O4/c32-25-12-10-23(24-11-13-27(34)31-28(24)25)26(33)19-30-22-8-6-21(7-9-22)18-29-15-17-35-16-14-20-4-2-1-3-5-20/h1-5,10-13,21-22,26,29-30,32-33H,6-9,14-19H2,(H,31,34)/t21?,22?,26-/m0/s1. The summed E-state index contributed by atoms with van der Waals surface area (Å²) in [6, 6.07) is 17.1. The first-order chi connectivity index (χ1) is 17.1. The van der Waals surface area contributed by atoms with E-state index in [0.29, 0.717) is 35.0 Å². The molecule has 1 aliphatic rings. The predicted octanol–water partition coefficient (Wildman–Crippen LogP) is 3.26. The van der Waals surface area contributed by atoms with Gasteiger partial charge in [-0.3, -0.25) is 4.79 Å². The van der Waals surface area contributed by atoms with E-state index in [1.165, 1.54) is 30.5 Å². The molecule has 1 aliphatic carbocycles. The molecule has 7 heteroatoms. The molecule has 188 valence electrons. The monoisotopic (exact) mass is 479 g/mol. The summed E-state index contributed by atoms with van der Waals surface area (Å²) in [5, 5.41) is 28.5. The van der Waals surface area contributed by atoms with Gasteiger partial charge in [0.1, 0.15) is 5.75 Å². The van der Waals surface area contributed by atoms with Gasteiger partial charge in [-0.25, -0.2) is 0 Å². The number of aromatic nitrogens is 1. The molecule has 0 spiro atoms. The van der Waals surface area contributed by atoms with Gasteiger partial charge in [-0.1, -0.05) is 36.4 Å². The number of fused-ring (bicyclic) bond motifs is 1. The molecule has 0 amide bonds. The molecule has 7 nitrogen and oxygen atoms in total. The third-order valence-electron chi connectivity index (χ3n) is 6.95. The molecule has 1 fully saturated rings. The number of rotatable bonds is 12. The molecule has 0 saturated heterocycles. The Kier molecular flexibility index (Phi) is 9.31. The van der Waals surface area contributed by atoms with Crippen LogP contribution in [0.1, 0.15) is 42.9 Å². The largest absolute Gasteiger partial charge is 0.506 e. The van der Waals surface area contributed by atoms with E-state index >= 15 is 0 Å². The van der Waals surface area contributed by atoms with Crippen LogP contribution in [0.3, 0.4) is 0 Å². The summed E-state index contributed by atoms with van der Waals surface area (Å²) in [6.45, 7) is 3.83. The normalized spacial score (nSPS) is 19.1. The molecule has 0 radical (unpaired) electrons. The molecule has 1 heterocycles. The second-order valence-electron chi connectivity index (χ2n) is 9.48. The van der Waals surface area contributed by atoms with Crippen molar-refractivity contribution in [2.24, 2.45) is 5.92 Å². The molecular formula is C28H37N3O4. The number of nitrogens with one attached hydrogen (secondary N) is 3. The van der Waals surface area contributed by atoms with E-state index in [2.05, 4.69) is 39.9 Å². The zero-order valence-corrected chi connectivity index (χ0v) is 20.2. The van der Waals surface area contributed by atoms with Crippen LogP contribution in [0.4, 0.5) is 0 Å². The number of aliphatic hydroxyl groups excluding tert-OH is 1. The molecule has 1 aromatic heterocycles. The van der Waals surface area contributed by atoms with E-state index < -0.39 is 6.10 Å². The smallest absolute Gasteiger partial charge is 0.248 e. The van der Waals surface area contributed by atoms with Crippen molar-refractivity contribution in [1.29, 1.82) is 0 Å². The minimum absolute atomic E-state index is 0.00675. The summed E-state index contributed by atoms with van der Waals surface area (Å²) in [5.41, 5.74) is 2.10. The zero-order chi connectivity index (χ0) is 24.5. The summed E-state index contributed by atoms with van der Waals surface area (Å²) in [6.07, 6.45) is 4.75. The van der Waals surface area contributed by atoms with Crippen molar-refractivity contribution in [3.63, 3.8) is 0 Å². The van der Waals surface area contributed by atoms with Gasteiger partial charge < -0.3 is 30.6 Å². The first-order valence-corrected chi connectivity index (χ1v) is 12.7. The second kappa shape index (κ2) is 12.8.